The number of ether oxygens (including phenoxy) is 2. The summed E-state index contributed by atoms with van der Waals surface area (Å²) in [6.07, 6.45) is 14.6. The van der Waals surface area contributed by atoms with Gasteiger partial charge in [0, 0.05) is 0 Å². The molecule has 0 unspecified atom stereocenters. The Morgan fingerprint density at radius 1 is 0.833 bits per heavy atom. The predicted octanol–water partition coefficient (Wildman–Crippen LogP) is 9.49. The number of benzene rings is 2. The molecule has 0 aromatic heterocycles. The van der Waals surface area contributed by atoms with Crippen LogP contribution in [0, 0.1) is 0 Å². The number of allylic oxidation sites excluding steroid dienone is 1. The van der Waals surface area contributed by atoms with Gasteiger partial charge in [-0.1, -0.05) is 12.1 Å². The molecular formula is C37H60O3SiSn. The van der Waals surface area contributed by atoms with Gasteiger partial charge in [0.1, 0.15) is 0 Å². The molecule has 42 heavy (non-hydrogen) atoms. The molecular weight excluding hydrogens is 639 g/mol. The Morgan fingerprint density at radius 3 is 1.83 bits per heavy atom. The van der Waals surface area contributed by atoms with Crippen LogP contribution < -0.4 is 10.4 Å². The minimum atomic E-state index is -2.64. The molecule has 0 aliphatic carbocycles. The number of rotatable bonds is 18. The van der Waals surface area contributed by atoms with Gasteiger partial charge >= 0.3 is 253 Å². The van der Waals surface area contributed by atoms with Gasteiger partial charge in [0.15, 0.2) is 0 Å². The van der Waals surface area contributed by atoms with Crippen LogP contribution >= 0.6 is 0 Å². The Hall–Kier alpha value is -1.08. The summed E-state index contributed by atoms with van der Waals surface area (Å²) in [6.45, 7) is 15.4. The average Bonchev–Trinajstić information content (AvgIpc) is 3.01. The molecule has 234 valence electrons. The van der Waals surface area contributed by atoms with Crippen molar-refractivity contribution in [3.05, 3.63) is 73.0 Å². The van der Waals surface area contributed by atoms with Gasteiger partial charge in [-0.15, -0.1) is 0 Å². The Bertz CT molecular complexity index is 959. The van der Waals surface area contributed by atoms with Gasteiger partial charge in [-0.2, -0.15) is 0 Å². The van der Waals surface area contributed by atoms with Crippen molar-refractivity contribution in [2.24, 2.45) is 0 Å². The summed E-state index contributed by atoms with van der Waals surface area (Å²) in [5.74, 6) is 0. The summed E-state index contributed by atoms with van der Waals surface area (Å²) in [6, 6.07) is 21.9. The topological polar surface area (TPSA) is 27.7 Å². The van der Waals surface area contributed by atoms with Crippen molar-refractivity contribution in [1.82, 2.24) is 0 Å². The van der Waals surface area contributed by atoms with Gasteiger partial charge in [-0.05, 0) is 0 Å². The molecule has 3 nitrogen and oxygen atoms in total. The second-order valence-electron chi connectivity index (χ2n) is 13.6. The zero-order chi connectivity index (χ0) is 30.3. The summed E-state index contributed by atoms with van der Waals surface area (Å²) >= 11 is -2.19. The molecule has 1 aliphatic rings. The molecule has 0 bridgehead atoms. The molecule has 5 heteroatoms. The van der Waals surface area contributed by atoms with Crippen LogP contribution in [0.1, 0.15) is 92.9 Å². The molecule has 0 radical (unpaired) electrons. The standard InChI is InChI=1S/C25H33O3Si.3C4H9.Sn/c1-5-18-26-20-24-23(17-12-19-27-24)28-29(25(2,3)4,21-13-8-6-9-14-21)22-15-10-7-11-16-22;3*1-3-4-2;/h5-11,13-16,18,23-24H,1,12,17,19-20H2,2-4H3;3*1,3-4H2,2H3;/b18-5-;;;;/t23-,24+;;;;/m0..../s1. The zero-order valence-corrected chi connectivity index (χ0v) is 31.6. The first-order chi connectivity index (χ1) is 20.3. The van der Waals surface area contributed by atoms with Crippen molar-refractivity contribution < 1.29 is 13.9 Å². The van der Waals surface area contributed by atoms with Crippen LogP contribution in [0.25, 0.3) is 0 Å². The SMILES string of the molecule is CCC[CH2][Sn]([CH2]/C=C\OC[C@H]1OCCC[C@@H]1O[Si](c1ccccc1)(c1ccccc1)C(C)(C)C)([CH2]CCC)[CH2]CCC. The van der Waals surface area contributed by atoms with Crippen molar-refractivity contribution in [1.29, 1.82) is 0 Å². The first kappa shape index (κ1) is 35.4. The first-order valence-electron chi connectivity index (χ1n) is 17.0. The summed E-state index contributed by atoms with van der Waals surface area (Å²) < 4.78 is 26.1. The summed E-state index contributed by atoms with van der Waals surface area (Å²) in [5, 5.41) is 2.59. The van der Waals surface area contributed by atoms with Gasteiger partial charge in [0.25, 0.3) is 0 Å². The van der Waals surface area contributed by atoms with E-state index in [4.69, 9.17) is 13.9 Å². The van der Waals surface area contributed by atoms with Gasteiger partial charge < -0.3 is 0 Å². The predicted molar refractivity (Wildman–Crippen MR) is 186 cm³/mol. The van der Waals surface area contributed by atoms with Crippen LogP contribution in [0.2, 0.25) is 22.8 Å². The van der Waals surface area contributed by atoms with E-state index >= 15 is 0 Å². The molecule has 2 aromatic rings. The summed E-state index contributed by atoms with van der Waals surface area (Å²) in [4.78, 5) is 0. The molecule has 1 saturated heterocycles. The summed E-state index contributed by atoms with van der Waals surface area (Å²) in [5.41, 5.74) is 0. The van der Waals surface area contributed by atoms with Crippen LogP contribution in [-0.4, -0.2) is 52.1 Å². The molecule has 1 heterocycles. The third-order valence-electron chi connectivity index (χ3n) is 9.31. The fourth-order valence-corrected chi connectivity index (χ4v) is 26.7. The van der Waals surface area contributed by atoms with E-state index in [9.17, 15) is 0 Å². The van der Waals surface area contributed by atoms with E-state index in [-0.39, 0.29) is 17.2 Å². The second-order valence-corrected chi connectivity index (χ2v) is 31.9. The van der Waals surface area contributed by atoms with Crippen LogP contribution in [-0.2, 0) is 13.9 Å². The van der Waals surface area contributed by atoms with Crippen LogP contribution in [0.4, 0.5) is 0 Å². The monoisotopic (exact) mass is 700 g/mol. The van der Waals surface area contributed by atoms with Crippen molar-refractivity contribution in [3.63, 3.8) is 0 Å². The molecule has 0 N–H and O–H groups in total. The van der Waals surface area contributed by atoms with Crippen LogP contribution in [0.5, 0.6) is 0 Å². The van der Waals surface area contributed by atoms with E-state index in [1.165, 1.54) is 66.6 Å². The Kier molecular flexibility index (Phi) is 15.2. The van der Waals surface area contributed by atoms with E-state index in [2.05, 4.69) is 108 Å². The molecule has 0 saturated carbocycles. The molecule has 2 aromatic carbocycles. The van der Waals surface area contributed by atoms with Crippen LogP contribution in [0.15, 0.2) is 73.0 Å². The van der Waals surface area contributed by atoms with Crippen molar-refractivity contribution in [2.75, 3.05) is 13.2 Å². The van der Waals surface area contributed by atoms with E-state index in [0.29, 0.717) is 6.61 Å². The van der Waals surface area contributed by atoms with Crippen molar-refractivity contribution in [3.8, 4) is 0 Å². The van der Waals surface area contributed by atoms with Crippen molar-refractivity contribution in [2.45, 2.75) is 128 Å². The Balaban J connectivity index is 1.77. The van der Waals surface area contributed by atoms with Crippen molar-refractivity contribution >= 4 is 37.1 Å². The van der Waals surface area contributed by atoms with E-state index in [1.807, 2.05) is 6.26 Å². The Morgan fingerprint density at radius 2 is 1.36 bits per heavy atom. The number of unbranched alkanes of at least 4 members (excludes halogenated alkanes) is 3. The molecule has 3 rings (SSSR count). The number of hydrogen-bond acceptors (Lipinski definition) is 3. The van der Waals surface area contributed by atoms with Gasteiger partial charge in [-0.25, -0.2) is 0 Å². The van der Waals surface area contributed by atoms with E-state index in [1.54, 1.807) is 0 Å². The normalized spacial score (nSPS) is 18.4. The molecule has 2 atom stereocenters. The molecule has 0 spiro atoms. The molecule has 0 amide bonds. The quantitative estimate of drug-likeness (QED) is 0.115. The fraction of sp³-hybridized carbons (Fsp3) is 0.622. The van der Waals surface area contributed by atoms with E-state index < -0.39 is 26.7 Å². The van der Waals surface area contributed by atoms with Gasteiger partial charge in [0.2, 0.25) is 0 Å². The number of hydrogen-bond donors (Lipinski definition) is 0. The maximum absolute atomic E-state index is 7.49. The van der Waals surface area contributed by atoms with Crippen LogP contribution in [0.3, 0.4) is 0 Å². The second kappa shape index (κ2) is 18.0. The minimum absolute atomic E-state index is 0.00961. The fourth-order valence-electron chi connectivity index (χ4n) is 6.87. The van der Waals surface area contributed by atoms with Gasteiger partial charge in [-0.3, -0.25) is 0 Å². The van der Waals surface area contributed by atoms with E-state index in [0.717, 1.165) is 19.4 Å². The third kappa shape index (κ3) is 9.71. The molecule has 1 fully saturated rings. The summed E-state index contributed by atoms with van der Waals surface area (Å²) in [7, 11) is -2.64. The average molecular weight is 700 g/mol. The Labute approximate surface area is 263 Å². The third-order valence-corrected chi connectivity index (χ3v) is 29.6. The first-order valence-corrected chi connectivity index (χ1v) is 27.0. The van der Waals surface area contributed by atoms with Gasteiger partial charge in [0.05, 0.1) is 0 Å². The maximum atomic E-state index is 7.49. The molecule has 1 aliphatic heterocycles. The zero-order valence-electron chi connectivity index (χ0n) is 27.7.